The third-order valence-electron chi connectivity index (χ3n) is 2.08. The Morgan fingerprint density at radius 1 is 1.53 bits per heavy atom. The molecule has 2 N–H and O–H groups in total. The molecule has 1 rings (SSSR count). The van der Waals surface area contributed by atoms with Gasteiger partial charge in [0.2, 0.25) is 0 Å². The van der Waals surface area contributed by atoms with Crippen LogP contribution >= 0.6 is 27.3 Å². The molecule has 2 nitrogen and oxygen atoms in total. The second-order valence-electron chi connectivity index (χ2n) is 3.67. The molecule has 0 bridgehead atoms. The molecule has 17 heavy (non-hydrogen) atoms. The molecule has 7 heteroatoms. The lowest BCUT2D eigenvalue weighted by atomic mass is 10.2. The van der Waals surface area contributed by atoms with Gasteiger partial charge in [-0.15, -0.1) is 11.3 Å². The van der Waals surface area contributed by atoms with Crippen molar-refractivity contribution < 1.29 is 17.9 Å². The zero-order chi connectivity index (χ0) is 13.1. The van der Waals surface area contributed by atoms with Gasteiger partial charge < -0.3 is 10.5 Å². The van der Waals surface area contributed by atoms with Gasteiger partial charge in [0, 0.05) is 17.5 Å². The van der Waals surface area contributed by atoms with Crippen LogP contribution in [0.5, 0.6) is 0 Å². The van der Waals surface area contributed by atoms with Gasteiger partial charge in [-0.1, -0.05) is 0 Å². The maximum atomic E-state index is 11.8. The number of hydrogen-bond donors (Lipinski definition) is 1. The monoisotopic (exact) mass is 331 g/mol. The highest BCUT2D eigenvalue weighted by atomic mass is 79.9. The zero-order valence-corrected chi connectivity index (χ0v) is 11.6. The first kappa shape index (κ1) is 14.9. The summed E-state index contributed by atoms with van der Waals surface area (Å²) in [6.45, 7) is 0.735. The lowest BCUT2D eigenvalue weighted by Gasteiger charge is -2.11. The predicted molar refractivity (Wildman–Crippen MR) is 65.2 cm³/mol. The van der Waals surface area contributed by atoms with E-state index in [9.17, 15) is 13.2 Å². The van der Waals surface area contributed by atoms with Crippen LogP contribution in [0.2, 0.25) is 0 Å². The number of halogens is 4. The smallest absolute Gasteiger partial charge is 0.372 e. The molecule has 1 aromatic rings. The molecular formula is C10H13BrF3NOS. The molecule has 98 valence electrons. The molecule has 0 saturated carbocycles. The summed E-state index contributed by atoms with van der Waals surface area (Å²) in [6.07, 6.45) is -3.89. The molecule has 1 aromatic heterocycles. The highest BCUT2D eigenvalue weighted by Crippen LogP contribution is 2.31. The first-order valence-corrected chi connectivity index (χ1v) is 6.56. The maximum Gasteiger partial charge on any atom is 0.411 e. The van der Waals surface area contributed by atoms with Gasteiger partial charge in [0.1, 0.15) is 6.61 Å². The summed E-state index contributed by atoms with van der Waals surface area (Å²) in [5.74, 6) is 0. The normalized spacial score (nSPS) is 14.0. The van der Waals surface area contributed by atoms with Crippen molar-refractivity contribution in [3.05, 3.63) is 20.3 Å². The third-order valence-corrected chi connectivity index (χ3v) is 4.35. The van der Waals surface area contributed by atoms with Crippen molar-refractivity contribution in [2.75, 3.05) is 13.2 Å². The van der Waals surface area contributed by atoms with E-state index in [-0.39, 0.29) is 12.6 Å². The number of alkyl halides is 3. The Hall–Kier alpha value is -0.110. The number of ether oxygens (including phenoxy) is 1. The van der Waals surface area contributed by atoms with Crippen molar-refractivity contribution in [1.82, 2.24) is 0 Å². The van der Waals surface area contributed by atoms with Crippen LogP contribution in [0.15, 0.2) is 9.85 Å². The van der Waals surface area contributed by atoms with Crippen LogP contribution in [0.4, 0.5) is 13.2 Å². The Morgan fingerprint density at radius 3 is 2.65 bits per heavy atom. The fourth-order valence-electron chi connectivity index (χ4n) is 1.21. The second-order valence-corrected chi connectivity index (χ2v) is 6.07. The van der Waals surface area contributed by atoms with E-state index in [0.717, 1.165) is 14.2 Å². The van der Waals surface area contributed by atoms with Crippen molar-refractivity contribution in [3.8, 4) is 0 Å². The Labute approximate surface area is 110 Å². The summed E-state index contributed by atoms with van der Waals surface area (Å²) in [5.41, 5.74) is 6.94. The Kier molecular flexibility index (Phi) is 5.43. The van der Waals surface area contributed by atoms with Crippen LogP contribution < -0.4 is 5.73 Å². The zero-order valence-electron chi connectivity index (χ0n) is 9.18. The second kappa shape index (κ2) is 6.17. The van der Waals surface area contributed by atoms with Crippen LogP contribution in [0.25, 0.3) is 0 Å². The van der Waals surface area contributed by atoms with Crippen LogP contribution in [0.1, 0.15) is 22.9 Å². The minimum atomic E-state index is -4.27. The SMILES string of the molecule is Cc1cc(C(N)CCOCC(F)(F)F)sc1Br. The molecule has 0 aliphatic heterocycles. The van der Waals surface area contributed by atoms with Gasteiger partial charge in [0.05, 0.1) is 3.79 Å². The Bertz CT molecular complexity index is 347. The topological polar surface area (TPSA) is 35.2 Å². The van der Waals surface area contributed by atoms with Crippen molar-refractivity contribution in [3.63, 3.8) is 0 Å². The van der Waals surface area contributed by atoms with Crippen LogP contribution in [-0.2, 0) is 4.74 Å². The lowest BCUT2D eigenvalue weighted by Crippen LogP contribution is -2.19. The van der Waals surface area contributed by atoms with E-state index in [4.69, 9.17) is 5.73 Å². The van der Waals surface area contributed by atoms with Gasteiger partial charge in [0.25, 0.3) is 0 Å². The average molecular weight is 332 g/mol. The number of aryl methyl sites for hydroxylation is 1. The van der Waals surface area contributed by atoms with Gasteiger partial charge >= 0.3 is 6.18 Å². The van der Waals surface area contributed by atoms with E-state index in [0.29, 0.717) is 6.42 Å². The van der Waals surface area contributed by atoms with E-state index < -0.39 is 12.8 Å². The number of hydrogen-bond acceptors (Lipinski definition) is 3. The van der Waals surface area contributed by atoms with Crippen molar-refractivity contribution in [2.24, 2.45) is 5.73 Å². The summed E-state index contributed by atoms with van der Waals surface area (Å²) in [4.78, 5) is 0.949. The maximum absolute atomic E-state index is 11.8. The van der Waals surface area contributed by atoms with Gasteiger partial charge in [-0.05, 0) is 40.9 Å². The van der Waals surface area contributed by atoms with Gasteiger partial charge in [-0.3, -0.25) is 0 Å². The molecule has 0 spiro atoms. The molecule has 0 aliphatic carbocycles. The molecule has 1 atom stereocenters. The fraction of sp³-hybridized carbons (Fsp3) is 0.600. The van der Waals surface area contributed by atoms with E-state index in [1.54, 1.807) is 0 Å². The molecule has 1 heterocycles. The van der Waals surface area contributed by atoms with E-state index in [1.165, 1.54) is 11.3 Å². The van der Waals surface area contributed by atoms with Crippen molar-refractivity contribution in [2.45, 2.75) is 25.6 Å². The summed E-state index contributed by atoms with van der Waals surface area (Å²) in [7, 11) is 0. The minimum Gasteiger partial charge on any atom is -0.372 e. The van der Waals surface area contributed by atoms with E-state index in [2.05, 4.69) is 20.7 Å². The number of rotatable bonds is 5. The van der Waals surface area contributed by atoms with Gasteiger partial charge in [0.15, 0.2) is 0 Å². The quantitative estimate of drug-likeness (QED) is 0.833. The molecule has 0 fully saturated rings. The van der Waals surface area contributed by atoms with Crippen LogP contribution in [0, 0.1) is 6.92 Å². The molecule has 0 saturated heterocycles. The standard InChI is InChI=1S/C10H13BrF3NOS/c1-6-4-8(17-9(6)11)7(15)2-3-16-5-10(12,13)14/h4,7H,2-3,5,15H2,1H3. The van der Waals surface area contributed by atoms with Gasteiger partial charge in [-0.2, -0.15) is 13.2 Å². The molecule has 0 aliphatic rings. The first-order chi connectivity index (χ1) is 7.79. The average Bonchev–Trinajstić information content (AvgIpc) is 2.52. The highest BCUT2D eigenvalue weighted by molar-refractivity contribution is 9.11. The summed E-state index contributed by atoms with van der Waals surface area (Å²) >= 11 is 4.88. The molecule has 0 amide bonds. The number of nitrogens with two attached hydrogens (primary N) is 1. The molecule has 1 unspecified atom stereocenters. The highest BCUT2D eigenvalue weighted by Gasteiger charge is 2.27. The Balaban J connectivity index is 2.33. The van der Waals surface area contributed by atoms with Crippen molar-refractivity contribution in [1.29, 1.82) is 0 Å². The molecule has 0 radical (unpaired) electrons. The molecular weight excluding hydrogens is 319 g/mol. The lowest BCUT2D eigenvalue weighted by molar-refractivity contribution is -0.174. The third kappa shape index (κ3) is 5.37. The van der Waals surface area contributed by atoms with Crippen LogP contribution in [0.3, 0.4) is 0 Å². The molecule has 0 aromatic carbocycles. The Morgan fingerprint density at radius 2 is 2.18 bits per heavy atom. The fourth-order valence-corrected chi connectivity index (χ4v) is 2.81. The first-order valence-electron chi connectivity index (χ1n) is 4.95. The van der Waals surface area contributed by atoms with Gasteiger partial charge in [-0.25, -0.2) is 0 Å². The van der Waals surface area contributed by atoms with Crippen molar-refractivity contribution >= 4 is 27.3 Å². The van der Waals surface area contributed by atoms with E-state index in [1.807, 2.05) is 13.0 Å². The summed E-state index contributed by atoms with van der Waals surface area (Å²) < 4.78 is 40.9. The number of thiophene rings is 1. The van der Waals surface area contributed by atoms with Crippen LogP contribution in [-0.4, -0.2) is 19.4 Å². The summed E-state index contributed by atoms with van der Waals surface area (Å²) in [5, 5.41) is 0. The minimum absolute atomic E-state index is 0.00917. The predicted octanol–water partition coefficient (Wildman–Crippen LogP) is 3.79. The largest absolute Gasteiger partial charge is 0.411 e. The summed E-state index contributed by atoms with van der Waals surface area (Å²) in [6, 6.07) is 1.65. The van der Waals surface area contributed by atoms with E-state index >= 15 is 0 Å².